The van der Waals surface area contributed by atoms with Crippen LogP contribution in [0.4, 0.5) is 0 Å². The van der Waals surface area contributed by atoms with Gasteiger partial charge in [0.2, 0.25) is 5.91 Å². The van der Waals surface area contributed by atoms with Gasteiger partial charge in [0.25, 0.3) is 0 Å². The summed E-state index contributed by atoms with van der Waals surface area (Å²) < 4.78 is 5.12. The highest BCUT2D eigenvalue weighted by atomic mass is 16.5. The highest BCUT2D eigenvalue weighted by Crippen LogP contribution is 2.26. The normalized spacial score (nSPS) is 22.8. The maximum Gasteiger partial charge on any atom is 0.316 e. The van der Waals surface area contributed by atoms with Gasteiger partial charge in [0.1, 0.15) is 5.92 Å². The second-order valence-electron chi connectivity index (χ2n) is 5.21. The number of carbonyl (C=O) groups is 2. The molecule has 1 aliphatic rings. The first-order valence-corrected chi connectivity index (χ1v) is 5.43. The zero-order valence-electron chi connectivity index (χ0n) is 9.95. The van der Waals surface area contributed by atoms with Gasteiger partial charge >= 0.3 is 5.97 Å². The molecule has 5 nitrogen and oxygen atoms in total. The summed E-state index contributed by atoms with van der Waals surface area (Å²) in [6.07, 6.45) is 0.752. The van der Waals surface area contributed by atoms with Crippen LogP contribution in [0, 0.1) is 11.3 Å². The van der Waals surface area contributed by atoms with E-state index in [2.05, 4.69) is 5.32 Å². The van der Waals surface area contributed by atoms with E-state index >= 15 is 0 Å². The molecule has 16 heavy (non-hydrogen) atoms. The molecule has 0 aromatic heterocycles. The number of nitrogens with one attached hydrogen (secondary N) is 1. The molecule has 2 atom stereocenters. The van der Waals surface area contributed by atoms with Crippen molar-refractivity contribution < 1.29 is 19.4 Å². The van der Waals surface area contributed by atoms with Crippen LogP contribution < -0.4 is 5.32 Å². The van der Waals surface area contributed by atoms with Crippen molar-refractivity contribution in [2.75, 3.05) is 13.2 Å². The van der Waals surface area contributed by atoms with Gasteiger partial charge in [0, 0.05) is 6.61 Å². The molecule has 0 bridgehead atoms. The Bertz CT molecular complexity index is 276. The van der Waals surface area contributed by atoms with Crippen LogP contribution in [0.5, 0.6) is 0 Å². The van der Waals surface area contributed by atoms with E-state index in [4.69, 9.17) is 9.84 Å². The monoisotopic (exact) mass is 229 g/mol. The van der Waals surface area contributed by atoms with Crippen molar-refractivity contribution in [3.05, 3.63) is 0 Å². The van der Waals surface area contributed by atoms with E-state index in [0.29, 0.717) is 13.2 Å². The molecule has 0 spiro atoms. The van der Waals surface area contributed by atoms with E-state index in [9.17, 15) is 9.59 Å². The number of hydrogen-bond donors (Lipinski definition) is 2. The third kappa shape index (κ3) is 3.20. The Balaban J connectivity index is 2.64. The molecule has 2 unspecified atom stereocenters. The minimum absolute atomic E-state index is 0.0447. The number of hydrogen-bond acceptors (Lipinski definition) is 3. The molecule has 1 heterocycles. The Morgan fingerprint density at radius 3 is 2.44 bits per heavy atom. The summed E-state index contributed by atoms with van der Waals surface area (Å²) in [5.74, 6) is -2.52. The lowest BCUT2D eigenvalue weighted by Crippen LogP contribution is -2.46. The maximum absolute atomic E-state index is 11.8. The van der Waals surface area contributed by atoms with Gasteiger partial charge in [-0.15, -0.1) is 0 Å². The standard InChI is InChI=1S/C11H19NO4/c1-11(2,3)8(10(14)15)9(13)12-7-4-5-16-6-7/h7-8H,4-6H2,1-3H3,(H,12,13)(H,14,15). The van der Waals surface area contributed by atoms with Crippen LogP contribution in [-0.4, -0.2) is 36.2 Å². The molecule has 0 aliphatic carbocycles. The molecule has 1 saturated heterocycles. The van der Waals surface area contributed by atoms with Gasteiger partial charge in [-0.25, -0.2) is 0 Å². The Morgan fingerprint density at radius 2 is 2.06 bits per heavy atom. The highest BCUT2D eigenvalue weighted by molar-refractivity contribution is 5.97. The van der Waals surface area contributed by atoms with Gasteiger partial charge < -0.3 is 15.2 Å². The second-order valence-corrected chi connectivity index (χ2v) is 5.21. The molecule has 0 aromatic rings. The third-order valence-corrected chi connectivity index (χ3v) is 2.65. The fourth-order valence-corrected chi connectivity index (χ4v) is 1.81. The first kappa shape index (κ1) is 13.0. The molecule has 1 fully saturated rings. The van der Waals surface area contributed by atoms with Crippen LogP contribution in [0.1, 0.15) is 27.2 Å². The zero-order chi connectivity index (χ0) is 12.3. The van der Waals surface area contributed by atoms with Crippen LogP contribution in [0.3, 0.4) is 0 Å². The number of aliphatic carboxylic acids is 1. The number of carboxylic acids is 1. The zero-order valence-corrected chi connectivity index (χ0v) is 9.95. The van der Waals surface area contributed by atoms with Gasteiger partial charge in [0.15, 0.2) is 0 Å². The molecule has 5 heteroatoms. The predicted octanol–water partition coefficient (Wildman–Crippen LogP) is 0.638. The van der Waals surface area contributed by atoms with Crippen molar-refractivity contribution in [2.24, 2.45) is 11.3 Å². The molecule has 1 aliphatic heterocycles. The van der Waals surface area contributed by atoms with E-state index in [-0.39, 0.29) is 6.04 Å². The molecule has 2 N–H and O–H groups in total. The lowest BCUT2D eigenvalue weighted by atomic mass is 9.80. The maximum atomic E-state index is 11.8. The predicted molar refractivity (Wildman–Crippen MR) is 57.9 cm³/mol. The Labute approximate surface area is 95.2 Å². The quantitative estimate of drug-likeness (QED) is 0.696. The molecule has 92 valence electrons. The van der Waals surface area contributed by atoms with Crippen molar-refractivity contribution in [2.45, 2.75) is 33.2 Å². The lowest BCUT2D eigenvalue weighted by Gasteiger charge is -2.27. The summed E-state index contributed by atoms with van der Waals surface area (Å²) in [6, 6.07) is -0.0447. The first-order chi connectivity index (χ1) is 7.32. The van der Waals surface area contributed by atoms with Gasteiger partial charge in [-0.2, -0.15) is 0 Å². The SMILES string of the molecule is CC(C)(C)C(C(=O)O)C(=O)NC1CCOC1. The van der Waals surface area contributed by atoms with E-state index < -0.39 is 23.2 Å². The van der Waals surface area contributed by atoms with Crippen molar-refractivity contribution in [3.63, 3.8) is 0 Å². The van der Waals surface area contributed by atoms with Gasteiger partial charge in [-0.05, 0) is 11.8 Å². The van der Waals surface area contributed by atoms with Gasteiger partial charge in [0.05, 0.1) is 12.6 Å². The van der Waals surface area contributed by atoms with Crippen LogP contribution in [0.15, 0.2) is 0 Å². The average Bonchev–Trinajstić information content (AvgIpc) is 2.52. The van der Waals surface area contributed by atoms with E-state index in [0.717, 1.165) is 6.42 Å². The largest absolute Gasteiger partial charge is 0.481 e. The smallest absolute Gasteiger partial charge is 0.316 e. The molecule has 1 rings (SSSR count). The van der Waals surface area contributed by atoms with E-state index in [1.54, 1.807) is 20.8 Å². The Morgan fingerprint density at radius 1 is 1.44 bits per heavy atom. The summed E-state index contributed by atoms with van der Waals surface area (Å²) in [6.45, 7) is 6.34. The third-order valence-electron chi connectivity index (χ3n) is 2.65. The molecule has 0 radical (unpaired) electrons. The van der Waals surface area contributed by atoms with Crippen molar-refractivity contribution in [1.82, 2.24) is 5.32 Å². The second kappa shape index (κ2) is 4.82. The topological polar surface area (TPSA) is 75.6 Å². The summed E-state index contributed by atoms with van der Waals surface area (Å²) in [5.41, 5.74) is -0.588. The van der Waals surface area contributed by atoms with Crippen LogP contribution in [0.2, 0.25) is 0 Å². The summed E-state index contributed by atoms with van der Waals surface area (Å²) in [5, 5.41) is 11.8. The summed E-state index contributed by atoms with van der Waals surface area (Å²) >= 11 is 0. The lowest BCUT2D eigenvalue weighted by molar-refractivity contribution is -0.151. The number of rotatable bonds is 3. The molecular weight excluding hydrogens is 210 g/mol. The number of carbonyl (C=O) groups excluding carboxylic acids is 1. The number of ether oxygens (including phenoxy) is 1. The first-order valence-electron chi connectivity index (χ1n) is 5.43. The Hall–Kier alpha value is -1.10. The molecular formula is C11H19NO4. The summed E-state index contributed by atoms with van der Waals surface area (Å²) in [4.78, 5) is 22.9. The highest BCUT2D eigenvalue weighted by Gasteiger charge is 2.38. The van der Waals surface area contributed by atoms with Crippen molar-refractivity contribution >= 4 is 11.9 Å². The van der Waals surface area contributed by atoms with Crippen LogP contribution in [-0.2, 0) is 14.3 Å². The van der Waals surface area contributed by atoms with Crippen LogP contribution in [0.25, 0.3) is 0 Å². The number of amides is 1. The molecule has 1 amide bonds. The van der Waals surface area contributed by atoms with Crippen molar-refractivity contribution in [3.8, 4) is 0 Å². The number of carboxylic acid groups (broad SMARTS) is 1. The van der Waals surface area contributed by atoms with Gasteiger partial charge in [-0.3, -0.25) is 9.59 Å². The van der Waals surface area contributed by atoms with Gasteiger partial charge in [-0.1, -0.05) is 20.8 Å². The fourth-order valence-electron chi connectivity index (χ4n) is 1.81. The van der Waals surface area contributed by atoms with E-state index in [1.807, 2.05) is 0 Å². The minimum Gasteiger partial charge on any atom is -0.481 e. The van der Waals surface area contributed by atoms with Crippen LogP contribution >= 0.6 is 0 Å². The molecule has 0 aromatic carbocycles. The Kier molecular flexibility index (Phi) is 3.91. The minimum atomic E-state index is -1.08. The van der Waals surface area contributed by atoms with Crippen molar-refractivity contribution in [1.29, 1.82) is 0 Å². The molecule has 0 saturated carbocycles. The summed E-state index contributed by atoms with van der Waals surface area (Å²) in [7, 11) is 0. The fraction of sp³-hybridized carbons (Fsp3) is 0.818. The van der Waals surface area contributed by atoms with E-state index in [1.165, 1.54) is 0 Å². The average molecular weight is 229 g/mol.